The molecule has 1 fully saturated rings. The minimum atomic E-state index is -0.805. The van der Waals surface area contributed by atoms with E-state index >= 15 is 0 Å². The fourth-order valence-electron chi connectivity index (χ4n) is 4.10. The normalized spacial score (nSPS) is 23.8. The second-order valence-corrected chi connectivity index (χ2v) is 9.71. The smallest absolute Gasteiger partial charge is 0.257 e. The average molecular weight is 404 g/mol. The first-order valence-corrected chi connectivity index (χ1v) is 11.1. The van der Waals surface area contributed by atoms with Gasteiger partial charge in [0, 0.05) is 17.3 Å². The summed E-state index contributed by atoms with van der Waals surface area (Å²) in [6.45, 7) is 4.81. The van der Waals surface area contributed by atoms with Gasteiger partial charge in [-0.25, -0.2) is 5.01 Å². The molecule has 2 atom stereocenters. The predicted octanol–water partition coefficient (Wildman–Crippen LogP) is 3.72. The molecule has 1 amide bonds. The minimum absolute atomic E-state index is 0.0103. The summed E-state index contributed by atoms with van der Waals surface area (Å²) in [5.41, 5.74) is 0.178. The van der Waals surface area contributed by atoms with Crippen molar-refractivity contribution in [3.8, 4) is 0 Å². The molecule has 2 unspecified atom stereocenters. The van der Waals surface area contributed by atoms with Crippen LogP contribution in [0.25, 0.3) is 0 Å². The molecule has 5 nitrogen and oxygen atoms in total. The Hall–Kier alpha value is -1.54. The molecule has 0 spiro atoms. The van der Waals surface area contributed by atoms with E-state index in [1.807, 2.05) is 36.7 Å². The molecule has 144 valence electrons. The summed E-state index contributed by atoms with van der Waals surface area (Å²) in [5.74, 6) is 0.0103. The fourth-order valence-corrected chi connectivity index (χ4v) is 5.63. The van der Waals surface area contributed by atoms with Gasteiger partial charge in [-0.3, -0.25) is 9.69 Å². The van der Waals surface area contributed by atoms with Crippen molar-refractivity contribution in [3.05, 3.63) is 44.8 Å². The lowest BCUT2D eigenvalue weighted by atomic mass is 9.97. The number of aliphatic hydroxyl groups is 1. The van der Waals surface area contributed by atoms with E-state index in [-0.39, 0.29) is 18.0 Å². The van der Waals surface area contributed by atoms with E-state index in [4.69, 9.17) is 5.10 Å². The first-order chi connectivity index (χ1) is 12.9. The molecule has 7 heteroatoms. The monoisotopic (exact) mass is 403 g/mol. The SMILES string of the molecule is CC(C)(O)C1CCCN1CC(=O)N1N=C(c2cccs2)CC1c1cccs1. The van der Waals surface area contributed by atoms with Crippen molar-refractivity contribution in [1.82, 2.24) is 9.91 Å². The van der Waals surface area contributed by atoms with E-state index in [0.29, 0.717) is 6.54 Å². The number of likely N-dealkylation sites (tertiary alicyclic amines) is 1. The van der Waals surface area contributed by atoms with Crippen molar-refractivity contribution < 1.29 is 9.90 Å². The number of amides is 1. The zero-order valence-corrected chi connectivity index (χ0v) is 17.3. The molecule has 27 heavy (non-hydrogen) atoms. The highest BCUT2D eigenvalue weighted by atomic mass is 32.1. The Kier molecular flexibility index (Phi) is 5.20. The standard InChI is InChI=1S/C20H25N3O2S2/c1-20(2,25)18-8-3-9-22(18)13-19(24)23-15(17-7-5-11-27-17)12-14(21-23)16-6-4-10-26-16/h4-7,10-11,15,18,25H,3,8-9,12-13H2,1-2H3. The largest absolute Gasteiger partial charge is 0.389 e. The predicted molar refractivity (Wildman–Crippen MR) is 110 cm³/mol. The van der Waals surface area contributed by atoms with E-state index in [2.05, 4.69) is 17.0 Å². The molecule has 2 aromatic rings. The molecule has 1 N–H and O–H groups in total. The van der Waals surface area contributed by atoms with Gasteiger partial charge in [-0.15, -0.1) is 22.7 Å². The van der Waals surface area contributed by atoms with Gasteiger partial charge in [-0.1, -0.05) is 12.1 Å². The van der Waals surface area contributed by atoms with Gasteiger partial charge in [0.2, 0.25) is 0 Å². The molecule has 0 radical (unpaired) electrons. The number of hydrazone groups is 1. The molecule has 0 saturated carbocycles. The highest BCUT2D eigenvalue weighted by Gasteiger charge is 2.39. The number of carbonyl (C=O) groups excluding carboxylic acids is 1. The Balaban J connectivity index is 1.56. The minimum Gasteiger partial charge on any atom is -0.389 e. The van der Waals surface area contributed by atoms with Gasteiger partial charge in [0.25, 0.3) is 5.91 Å². The summed E-state index contributed by atoms with van der Waals surface area (Å²) in [7, 11) is 0. The summed E-state index contributed by atoms with van der Waals surface area (Å²) in [5, 5.41) is 20.9. The van der Waals surface area contributed by atoms with Crippen LogP contribution in [-0.2, 0) is 4.79 Å². The first kappa shape index (κ1) is 18.8. The summed E-state index contributed by atoms with van der Waals surface area (Å²) in [6.07, 6.45) is 2.69. The Morgan fingerprint density at radius 3 is 2.74 bits per heavy atom. The maximum Gasteiger partial charge on any atom is 0.257 e. The molecule has 0 aromatic carbocycles. The van der Waals surface area contributed by atoms with E-state index < -0.39 is 5.60 Å². The topological polar surface area (TPSA) is 56.1 Å². The highest BCUT2D eigenvalue weighted by molar-refractivity contribution is 7.12. The van der Waals surface area contributed by atoms with Crippen LogP contribution in [-0.4, -0.2) is 51.4 Å². The zero-order valence-electron chi connectivity index (χ0n) is 15.7. The number of hydrogen-bond acceptors (Lipinski definition) is 6. The van der Waals surface area contributed by atoms with Crippen LogP contribution in [0.3, 0.4) is 0 Å². The van der Waals surface area contributed by atoms with Crippen molar-refractivity contribution in [2.75, 3.05) is 13.1 Å². The molecule has 1 saturated heterocycles. The zero-order chi connectivity index (χ0) is 19.0. The second kappa shape index (κ2) is 7.47. The van der Waals surface area contributed by atoms with Gasteiger partial charge >= 0.3 is 0 Å². The summed E-state index contributed by atoms with van der Waals surface area (Å²) in [4.78, 5) is 17.6. The Labute approximate surface area is 167 Å². The van der Waals surface area contributed by atoms with Gasteiger partial charge in [-0.05, 0) is 56.1 Å². The Morgan fingerprint density at radius 2 is 2.07 bits per heavy atom. The summed E-state index contributed by atoms with van der Waals surface area (Å²) < 4.78 is 0. The van der Waals surface area contributed by atoms with Crippen molar-refractivity contribution >= 4 is 34.3 Å². The molecule has 2 aliphatic rings. The van der Waals surface area contributed by atoms with Crippen LogP contribution in [0.1, 0.15) is 48.9 Å². The van der Waals surface area contributed by atoms with E-state index in [1.54, 1.807) is 27.7 Å². The third-order valence-electron chi connectivity index (χ3n) is 5.36. The molecule has 4 rings (SSSR count). The summed E-state index contributed by atoms with van der Waals surface area (Å²) >= 11 is 3.33. The maximum absolute atomic E-state index is 13.2. The average Bonchev–Trinajstić information content (AvgIpc) is 3.38. The first-order valence-electron chi connectivity index (χ1n) is 9.37. The summed E-state index contributed by atoms with van der Waals surface area (Å²) in [6, 6.07) is 8.18. The molecular formula is C20H25N3O2S2. The maximum atomic E-state index is 13.2. The quantitative estimate of drug-likeness (QED) is 0.828. The van der Waals surface area contributed by atoms with Crippen LogP contribution in [0, 0.1) is 0 Å². The molecule has 4 heterocycles. The number of thiophene rings is 2. The molecule has 0 aliphatic carbocycles. The number of rotatable bonds is 5. The number of carbonyl (C=O) groups is 1. The van der Waals surface area contributed by atoms with Gasteiger partial charge in [-0.2, -0.15) is 5.10 Å². The lowest BCUT2D eigenvalue weighted by Gasteiger charge is -2.34. The lowest BCUT2D eigenvalue weighted by molar-refractivity contribution is -0.135. The van der Waals surface area contributed by atoms with Crippen molar-refractivity contribution in [2.24, 2.45) is 5.10 Å². The van der Waals surface area contributed by atoms with Crippen molar-refractivity contribution in [2.45, 2.75) is 50.8 Å². The molecular weight excluding hydrogens is 378 g/mol. The van der Waals surface area contributed by atoms with E-state index in [0.717, 1.165) is 36.4 Å². The third-order valence-corrected chi connectivity index (χ3v) is 7.25. The van der Waals surface area contributed by atoms with Crippen molar-refractivity contribution in [1.29, 1.82) is 0 Å². The van der Waals surface area contributed by atoms with E-state index in [9.17, 15) is 9.90 Å². The Bertz CT molecular complexity index is 809. The van der Waals surface area contributed by atoms with Crippen LogP contribution < -0.4 is 0 Å². The van der Waals surface area contributed by atoms with Crippen LogP contribution in [0.15, 0.2) is 40.1 Å². The van der Waals surface area contributed by atoms with Gasteiger partial charge in [0.15, 0.2) is 0 Å². The number of nitrogens with zero attached hydrogens (tertiary/aromatic N) is 3. The lowest BCUT2D eigenvalue weighted by Crippen LogP contribution is -2.49. The van der Waals surface area contributed by atoms with Gasteiger partial charge in [0.1, 0.15) is 0 Å². The number of hydrogen-bond donors (Lipinski definition) is 1. The van der Waals surface area contributed by atoms with Crippen LogP contribution in [0.4, 0.5) is 0 Å². The third kappa shape index (κ3) is 3.87. The Morgan fingerprint density at radius 1 is 1.30 bits per heavy atom. The molecule has 0 bridgehead atoms. The van der Waals surface area contributed by atoms with Crippen molar-refractivity contribution in [3.63, 3.8) is 0 Å². The van der Waals surface area contributed by atoms with Crippen LogP contribution >= 0.6 is 22.7 Å². The van der Waals surface area contributed by atoms with Crippen LogP contribution in [0.5, 0.6) is 0 Å². The molecule has 2 aliphatic heterocycles. The van der Waals surface area contributed by atoms with E-state index in [1.165, 1.54) is 4.88 Å². The fraction of sp³-hybridized carbons (Fsp3) is 0.500. The highest BCUT2D eigenvalue weighted by Crippen LogP contribution is 2.36. The molecule has 2 aromatic heterocycles. The second-order valence-electron chi connectivity index (χ2n) is 7.78. The van der Waals surface area contributed by atoms with Gasteiger partial charge in [0.05, 0.1) is 28.8 Å². The van der Waals surface area contributed by atoms with Gasteiger partial charge < -0.3 is 5.11 Å². The van der Waals surface area contributed by atoms with Crippen LogP contribution in [0.2, 0.25) is 0 Å².